The lowest BCUT2D eigenvalue weighted by atomic mass is 10.2. The molecule has 0 unspecified atom stereocenters. The monoisotopic (exact) mass is 235 g/mol. The van der Waals surface area contributed by atoms with Crippen LogP contribution < -0.4 is 0 Å². The number of carbonyl (C=O) groups excluding carboxylic acids is 1. The highest BCUT2D eigenvalue weighted by atomic mass is 19.3. The highest BCUT2D eigenvalue weighted by Crippen LogP contribution is 2.27. The highest BCUT2D eigenvalue weighted by Gasteiger charge is 2.20. The molecule has 1 N–H and O–H groups in total. The van der Waals surface area contributed by atoms with E-state index in [1.807, 2.05) is 0 Å². The molecule has 1 aromatic heterocycles. The molecule has 0 saturated heterocycles. The van der Waals surface area contributed by atoms with E-state index in [-0.39, 0.29) is 0 Å². The van der Waals surface area contributed by atoms with Gasteiger partial charge in [-0.1, -0.05) is 0 Å². The maximum atomic E-state index is 13.1. The molecule has 0 aliphatic heterocycles. The van der Waals surface area contributed by atoms with Gasteiger partial charge in [0.05, 0.1) is 19.2 Å². The molecule has 0 saturated carbocycles. The van der Waals surface area contributed by atoms with Crippen molar-refractivity contribution in [3.05, 3.63) is 23.3 Å². The second-order valence-electron chi connectivity index (χ2n) is 2.87. The summed E-state index contributed by atoms with van der Waals surface area (Å²) in [7, 11) is 1.08. The molecule has 0 aliphatic carbocycles. The largest absolute Gasteiger partial charge is 0.506 e. The molecule has 0 aromatic carbocycles. The van der Waals surface area contributed by atoms with Gasteiger partial charge >= 0.3 is 5.97 Å². The van der Waals surface area contributed by atoms with Crippen LogP contribution in [0, 0.1) is 5.82 Å². The number of esters is 1. The van der Waals surface area contributed by atoms with Gasteiger partial charge in [-0.15, -0.1) is 0 Å². The molecule has 0 amide bonds. The van der Waals surface area contributed by atoms with Crippen LogP contribution in [0.5, 0.6) is 5.75 Å². The third-order valence-electron chi connectivity index (χ3n) is 1.80. The van der Waals surface area contributed by atoms with E-state index in [1.54, 1.807) is 0 Å². The Hall–Kier alpha value is -1.79. The average Bonchev–Trinajstić information content (AvgIpc) is 2.21. The minimum Gasteiger partial charge on any atom is -0.506 e. The van der Waals surface area contributed by atoms with Crippen molar-refractivity contribution in [2.75, 3.05) is 7.11 Å². The van der Waals surface area contributed by atoms with E-state index in [0.717, 1.165) is 7.11 Å². The van der Waals surface area contributed by atoms with Crippen molar-refractivity contribution < 1.29 is 27.8 Å². The second kappa shape index (κ2) is 4.82. The molecule has 0 radical (unpaired) electrons. The van der Waals surface area contributed by atoms with Gasteiger partial charge in [-0.3, -0.25) is 4.79 Å². The fourth-order valence-corrected chi connectivity index (χ4v) is 1.03. The number of halogens is 3. The van der Waals surface area contributed by atoms with Crippen LogP contribution in [-0.4, -0.2) is 23.2 Å². The Bertz CT molecular complexity index is 409. The average molecular weight is 235 g/mol. The van der Waals surface area contributed by atoms with Crippen LogP contribution in [0.3, 0.4) is 0 Å². The third-order valence-corrected chi connectivity index (χ3v) is 1.80. The van der Waals surface area contributed by atoms with Gasteiger partial charge in [0.15, 0.2) is 0 Å². The standard InChI is InChI=1S/C9H8F3NO3/c1-16-7(15)3-5-4(10)2-6(14)8(13-5)9(11)12/h2,9,14H,3H2,1H3. The highest BCUT2D eigenvalue weighted by molar-refractivity contribution is 5.71. The Morgan fingerprint density at radius 2 is 2.25 bits per heavy atom. The lowest BCUT2D eigenvalue weighted by molar-refractivity contribution is -0.139. The van der Waals surface area contributed by atoms with Crippen molar-refractivity contribution >= 4 is 5.97 Å². The molecule has 1 heterocycles. The summed E-state index contributed by atoms with van der Waals surface area (Å²) in [5.74, 6) is -2.79. The quantitative estimate of drug-likeness (QED) is 0.808. The number of alkyl halides is 2. The van der Waals surface area contributed by atoms with Gasteiger partial charge in [0, 0.05) is 6.07 Å². The van der Waals surface area contributed by atoms with Crippen molar-refractivity contribution in [3.8, 4) is 5.75 Å². The molecule has 0 atom stereocenters. The molecule has 88 valence electrons. The van der Waals surface area contributed by atoms with Crippen molar-refractivity contribution in [1.29, 1.82) is 0 Å². The van der Waals surface area contributed by atoms with Gasteiger partial charge in [-0.05, 0) is 0 Å². The predicted molar refractivity (Wildman–Crippen MR) is 46.5 cm³/mol. The van der Waals surface area contributed by atoms with Gasteiger partial charge in [0.2, 0.25) is 0 Å². The zero-order chi connectivity index (χ0) is 12.3. The SMILES string of the molecule is COC(=O)Cc1nc(C(F)F)c(O)cc1F. The summed E-state index contributed by atoms with van der Waals surface area (Å²) >= 11 is 0. The zero-order valence-electron chi connectivity index (χ0n) is 8.21. The summed E-state index contributed by atoms with van der Waals surface area (Å²) in [6.07, 6.45) is -3.61. The molecule has 16 heavy (non-hydrogen) atoms. The number of ether oxygens (including phenoxy) is 1. The molecule has 4 nitrogen and oxygen atoms in total. The molecule has 1 rings (SSSR count). The van der Waals surface area contributed by atoms with Crippen LogP contribution in [0.2, 0.25) is 0 Å². The Balaban J connectivity index is 3.09. The Labute approximate surface area is 88.7 Å². The Morgan fingerprint density at radius 3 is 2.75 bits per heavy atom. The van der Waals surface area contributed by atoms with E-state index in [4.69, 9.17) is 5.11 Å². The van der Waals surface area contributed by atoms with Crippen LogP contribution >= 0.6 is 0 Å². The van der Waals surface area contributed by atoms with E-state index in [2.05, 4.69) is 9.72 Å². The summed E-state index contributed by atoms with van der Waals surface area (Å²) in [5, 5.41) is 8.98. The first-order valence-corrected chi connectivity index (χ1v) is 4.19. The molecular formula is C9H8F3NO3. The maximum absolute atomic E-state index is 13.1. The summed E-state index contributed by atoms with van der Waals surface area (Å²) in [6.45, 7) is 0. The fourth-order valence-electron chi connectivity index (χ4n) is 1.03. The molecule has 0 bridgehead atoms. The third kappa shape index (κ3) is 2.62. The number of pyridine rings is 1. The summed E-state index contributed by atoms with van der Waals surface area (Å²) in [5.41, 5.74) is -1.44. The topological polar surface area (TPSA) is 59.4 Å². The number of aromatic hydroxyl groups is 1. The van der Waals surface area contributed by atoms with E-state index in [9.17, 15) is 18.0 Å². The second-order valence-corrected chi connectivity index (χ2v) is 2.87. The lowest BCUT2D eigenvalue weighted by Gasteiger charge is -2.06. The summed E-state index contributed by atoms with van der Waals surface area (Å²) in [6, 6.07) is 0.493. The van der Waals surface area contributed by atoms with E-state index in [1.165, 1.54) is 0 Å². The predicted octanol–water partition coefficient (Wildman–Crippen LogP) is 1.58. The smallest absolute Gasteiger partial charge is 0.311 e. The van der Waals surface area contributed by atoms with Crippen LogP contribution in [0.25, 0.3) is 0 Å². The van der Waals surface area contributed by atoms with Crippen LogP contribution in [0.15, 0.2) is 6.07 Å². The van der Waals surface area contributed by atoms with Gasteiger partial charge in [0.1, 0.15) is 17.3 Å². The Morgan fingerprint density at radius 1 is 1.62 bits per heavy atom. The maximum Gasteiger partial charge on any atom is 0.311 e. The summed E-state index contributed by atoms with van der Waals surface area (Å²) < 4.78 is 42.0. The first-order chi connectivity index (χ1) is 7.45. The normalized spacial score (nSPS) is 10.6. The van der Waals surface area contributed by atoms with Crippen molar-refractivity contribution in [2.45, 2.75) is 12.8 Å². The van der Waals surface area contributed by atoms with Crippen LogP contribution in [0.4, 0.5) is 13.2 Å². The minimum atomic E-state index is -3.04. The van der Waals surface area contributed by atoms with E-state index in [0.29, 0.717) is 6.07 Å². The van der Waals surface area contributed by atoms with Gasteiger partial charge in [0.25, 0.3) is 6.43 Å². The van der Waals surface area contributed by atoms with Gasteiger partial charge in [-0.2, -0.15) is 0 Å². The number of hydrogen-bond acceptors (Lipinski definition) is 4. The molecule has 7 heteroatoms. The van der Waals surface area contributed by atoms with Gasteiger partial charge in [-0.25, -0.2) is 18.2 Å². The Kier molecular flexibility index (Phi) is 3.70. The number of carbonyl (C=O) groups is 1. The molecule has 0 fully saturated rings. The molecular weight excluding hydrogens is 227 g/mol. The van der Waals surface area contributed by atoms with Crippen LogP contribution in [-0.2, 0) is 16.0 Å². The number of aromatic nitrogens is 1. The fraction of sp³-hybridized carbons (Fsp3) is 0.333. The molecule has 1 aromatic rings. The summed E-state index contributed by atoms with van der Waals surface area (Å²) in [4.78, 5) is 14.0. The number of hydrogen-bond donors (Lipinski definition) is 1. The van der Waals surface area contributed by atoms with Crippen molar-refractivity contribution in [2.24, 2.45) is 0 Å². The minimum absolute atomic E-state index is 0.486. The molecule has 0 aliphatic rings. The first-order valence-electron chi connectivity index (χ1n) is 4.19. The lowest BCUT2D eigenvalue weighted by Crippen LogP contribution is -2.09. The van der Waals surface area contributed by atoms with E-state index >= 15 is 0 Å². The van der Waals surface area contributed by atoms with Crippen molar-refractivity contribution in [1.82, 2.24) is 4.98 Å². The van der Waals surface area contributed by atoms with E-state index < -0.39 is 41.8 Å². The number of methoxy groups -OCH3 is 1. The van der Waals surface area contributed by atoms with Gasteiger partial charge < -0.3 is 9.84 Å². The zero-order valence-corrected chi connectivity index (χ0v) is 8.21. The molecule has 0 spiro atoms. The number of rotatable bonds is 3. The first kappa shape index (κ1) is 12.3. The number of nitrogens with zero attached hydrogens (tertiary/aromatic N) is 1. The van der Waals surface area contributed by atoms with Crippen molar-refractivity contribution in [3.63, 3.8) is 0 Å². The van der Waals surface area contributed by atoms with Crippen LogP contribution in [0.1, 0.15) is 17.8 Å².